The molecular formula is C12H14N2O3. The standard InChI is InChI=1S/C12H14N2O3/c1-12-6-9(13-11(15)14-12)8-5-7(16-2)3-4-10(8)17-12/h3-5,9H,6H2,1-2H3,(H2,13,14,15). The third-order valence-electron chi connectivity index (χ3n) is 3.20. The molecule has 2 unspecified atom stereocenters. The predicted octanol–water partition coefficient (Wildman–Crippen LogP) is 1.55. The van der Waals surface area contributed by atoms with Crippen LogP contribution in [0.4, 0.5) is 4.79 Å². The van der Waals surface area contributed by atoms with Gasteiger partial charge in [-0.15, -0.1) is 0 Å². The first-order valence-electron chi connectivity index (χ1n) is 5.55. The summed E-state index contributed by atoms with van der Waals surface area (Å²) >= 11 is 0. The fraction of sp³-hybridized carbons (Fsp3) is 0.417. The third kappa shape index (κ3) is 1.58. The molecule has 1 aromatic rings. The van der Waals surface area contributed by atoms with Crippen LogP contribution >= 0.6 is 0 Å². The number of benzene rings is 1. The molecule has 0 radical (unpaired) electrons. The highest BCUT2D eigenvalue weighted by Crippen LogP contribution is 2.41. The SMILES string of the molecule is COc1ccc2c(c1)C1CC(C)(NC(=O)N1)O2. The number of amides is 2. The number of rotatable bonds is 1. The summed E-state index contributed by atoms with van der Waals surface area (Å²) in [7, 11) is 1.62. The van der Waals surface area contributed by atoms with Gasteiger partial charge >= 0.3 is 6.03 Å². The Kier molecular flexibility index (Phi) is 1.98. The number of fused-ring (bicyclic) bond motifs is 4. The minimum absolute atomic E-state index is 0.0207. The molecule has 0 spiro atoms. The second kappa shape index (κ2) is 3.29. The van der Waals surface area contributed by atoms with Crippen molar-refractivity contribution in [3.63, 3.8) is 0 Å². The quantitative estimate of drug-likeness (QED) is 0.775. The van der Waals surface area contributed by atoms with E-state index in [-0.39, 0.29) is 12.1 Å². The fourth-order valence-electron chi connectivity index (χ4n) is 2.44. The summed E-state index contributed by atoms with van der Waals surface area (Å²) < 4.78 is 11.0. The lowest BCUT2D eigenvalue weighted by Gasteiger charge is -2.44. The van der Waals surface area contributed by atoms with Crippen molar-refractivity contribution < 1.29 is 14.3 Å². The number of ether oxygens (including phenoxy) is 2. The molecule has 2 amide bonds. The molecule has 0 aliphatic carbocycles. The van der Waals surface area contributed by atoms with E-state index in [1.54, 1.807) is 7.11 Å². The first kappa shape index (κ1) is 10.3. The Morgan fingerprint density at radius 1 is 1.53 bits per heavy atom. The third-order valence-corrected chi connectivity index (χ3v) is 3.20. The van der Waals surface area contributed by atoms with Crippen molar-refractivity contribution in [1.82, 2.24) is 10.6 Å². The molecule has 1 fully saturated rings. The second-order valence-corrected chi connectivity index (χ2v) is 4.59. The van der Waals surface area contributed by atoms with Crippen LogP contribution in [0.25, 0.3) is 0 Å². The number of methoxy groups -OCH3 is 1. The van der Waals surface area contributed by atoms with Gasteiger partial charge in [0.1, 0.15) is 11.5 Å². The molecule has 0 saturated carbocycles. The fourth-order valence-corrected chi connectivity index (χ4v) is 2.44. The highest BCUT2D eigenvalue weighted by Gasteiger charge is 2.43. The van der Waals surface area contributed by atoms with Crippen LogP contribution in [-0.2, 0) is 0 Å². The number of hydrogen-bond acceptors (Lipinski definition) is 3. The van der Waals surface area contributed by atoms with Gasteiger partial charge in [0.15, 0.2) is 5.72 Å². The Hall–Kier alpha value is -1.91. The molecule has 2 aliphatic heterocycles. The summed E-state index contributed by atoms with van der Waals surface area (Å²) in [4.78, 5) is 11.5. The van der Waals surface area contributed by atoms with Gasteiger partial charge in [-0.05, 0) is 25.1 Å². The topological polar surface area (TPSA) is 59.6 Å². The van der Waals surface area contributed by atoms with Crippen molar-refractivity contribution in [2.75, 3.05) is 7.11 Å². The molecule has 3 rings (SSSR count). The number of carbonyl (C=O) groups is 1. The summed E-state index contributed by atoms with van der Waals surface area (Å²) in [5.74, 6) is 1.56. The van der Waals surface area contributed by atoms with E-state index in [9.17, 15) is 4.79 Å². The van der Waals surface area contributed by atoms with E-state index in [0.717, 1.165) is 17.1 Å². The van der Waals surface area contributed by atoms with E-state index in [2.05, 4.69) is 10.6 Å². The van der Waals surface area contributed by atoms with E-state index in [4.69, 9.17) is 9.47 Å². The van der Waals surface area contributed by atoms with Crippen LogP contribution in [0.5, 0.6) is 11.5 Å². The van der Waals surface area contributed by atoms with Gasteiger partial charge in [0, 0.05) is 12.0 Å². The summed E-state index contributed by atoms with van der Waals surface area (Å²) in [5, 5.41) is 5.68. The molecule has 90 valence electrons. The first-order chi connectivity index (χ1) is 8.09. The van der Waals surface area contributed by atoms with Crippen LogP contribution < -0.4 is 20.1 Å². The molecule has 1 saturated heterocycles. The Morgan fingerprint density at radius 2 is 2.35 bits per heavy atom. The normalized spacial score (nSPS) is 29.5. The molecule has 2 aliphatic rings. The first-order valence-corrected chi connectivity index (χ1v) is 5.55. The maximum absolute atomic E-state index is 11.5. The molecule has 5 heteroatoms. The molecule has 2 N–H and O–H groups in total. The Bertz CT molecular complexity index is 489. The van der Waals surface area contributed by atoms with E-state index >= 15 is 0 Å². The number of urea groups is 1. The van der Waals surface area contributed by atoms with Crippen LogP contribution in [0, 0.1) is 0 Å². The van der Waals surface area contributed by atoms with Gasteiger partial charge in [-0.3, -0.25) is 0 Å². The Morgan fingerprint density at radius 3 is 3.12 bits per heavy atom. The van der Waals surface area contributed by atoms with E-state index in [0.29, 0.717) is 6.42 Å². The maximum atomic E-state index is 11.5. The van der Waals surface area contributed by atoms with Crippen LogP contribution in [0.15, 0.2) is 18.2 Å². The van der Waals surface area contributed by atoms with Crippen molar-refractivity contribution in [3.05, 3.63) is 23.8 Å². The maximum Gasteiger partial charge on any atom is 0.318 e. The second-order valence-electron chi connectivity index (χ2n) is 4.59. The van der Waals surface area contributed by atoms with Crippen LogP contribution in [0.3, 0.4) is 0 Å². The van der Waals surface area contributed by atoms with Crippen LogP contribution in [0.1, 0.15) is 24.9 Å². The van der Waals surface area contributed by atoms with E-state index in [1.807, 2.05) is 25.1 Å². The van der Waals surface area contributed by atoms with Crippen LogP contribution in [0.2, 0.25) is 0 Å². The van der Waals surface area contributed by atoms with Crippen molar-refractivity contribution in [3.8, 4) is 11.5 Å². The van der Waals surface area contributed by atoms with Gasteiger partial charge in [-0.25, -0.2) is 4.79 Å². The van der Waals surface area contributed by atoms with Gasteiger partial charge in [0.2, 0.25) is 0 Å². The highest BCUT2D eigenvalue weighted by molar-refractivity contribution is 5.77. The van der Waals surface area contributed by atoms with Gasteiger partial charge in [0.05, 0.1) is 13.2 Å². The molecule has 17 heavy (non-hydrogen) atoms. The monoisotopic (exact) mass is 234 g/mol. The average Bonchev–Trinajstić information content (AvgIpc) is 2.27. The minimum atomic E-state index is -0.616. The van der Waals surface area contributed by atoms with Gasteiger partial charge in [-0.1, -0.05) is 0 Å². The summed E-state index contributed by atoms with van der Waals surface area (Å²) in [6.07, 6.45) is 0.707. The zero-order chi connectivity index (χ0) is 12.0. The van der Waals surface area contributed by atoms with Crippen molar-refractivity contribution in [1.29, 1.82) is 0 Å². The Labute approximate surface area is 99.1 Å². The van der Waals surface area contributed by atoms with Gasteiger partial charge in [0.25, 0.3) is 0 Å². The molecule has 5 nitrogen and oxygen atoms in total. The summed E-state index contributed by atoms with van der Waals surface area (Å²) in [5.41, 5.74) is 0.353. The summed E-state index contributed by atoms with van der Waals surface area (Å²) in [6, 6.07) is 5.42. The molecule has 0 aromatic heterocycles. The molecule has 2 heterocycles. The zero-order valence-corrected chi connectivity index (χ0v) is 9.74. The molecular weight excluding hydrogens is 220 g/mol. The lowest BCUT2D eigenvalue weighted by molar-refractivity contribution is 0.0118. The molecule has 1 aromatic carbocycles. The molecule has 2 atom stereocenters. The lowest BCUT2D eigenvalue weighted by Crippen LogP contribution is -2.62. The van der Waals surface area contributed by atoms with Gasteiger partial charge < -0.3 is 20.1 Å². The van der Waals surface area contributed by atoms with Gasteiger partial charge in [-0.2, -0.15) is 0 Å². The Balaban J connectivity index is 2.07. The minimum Gasteiger partial charge on any atom is -0.497 e. The number of nitrogens with one attached hydrogen (secondary N) is 2. The van der Waals surface area contributed by atoms with Crippen LogP contribution in [-0.4, -0.2) is 18.9 Å². The molecule has 2 bridgehead atoms. The smallest absolute Gasteiger partial charge is 0.318 e. The number of hydrogen-bond donors (Lipinski definition) is 2. The van der Waals surface area contributed by atoms with E-state index in [1.165, 1.54) is 0 Å². The van der Waals surface area contributed by atoms with Crippen molar-refractivity contribution in [2.45, 2.75) is 25.1 Å². The lowest BCUT2D eigenvalue weighted by atomic mass is 9.92. The summed E-state index contributed by atoms with van der Waals surface area (Å²) in [6.45, 7) is 1.88. The zero-order valence-electron chi connectivity index (χ0n) is 9.74. The number of carbonyl (C=O) groups excluding carboxylic acids is 1. The average molecular weight is 234 g/mol. The predicted molar refractivity (Wildman–Crippen MR) is 61.1 cm³/mol. The van der Waals surface area contributed by atoms with Crippen molar-refractivity contribution >= 4 is 6.03 Å². The van der Waals surface area contributed by atoms with Crippen molar-refractivity contribution in [2.24, 2.45) is 0 Å². The van der Waals surface area contributed by atoms with E-state index < -0.39 is 5.72 Å². The largest absolute Gasteiger partial charge is 0.497 e. The highest BCUT2D eigenvalue weighted by atomic mass is 16.5.